The Balaban J connectivity index is 2.55. The molecule has 0 radical (unpaired) electrons. The molecule has 1 heterocycles. The van der Waals surface area contributed by atoms with E-state index in [1.165, 1.54) is 0 Å². The Morgan fingerprint density at radius 2 is 1.89 bits per heavy atom. The standard InChI is InChI=1S/C14H24FN3/c1-10(2)14(15)9-7-5-6-8-12-13(14)18(11(3)4)17-16-12/h10-11H,5-9H2,1-4H3. The van der Waals surface area contributed by atoms with Gasteiger partial charge in [-0.3, -0.25) is 0 Å². The minimum Gasteiger partial charge on any atom is -0.243 e. The van der Waals surface area contributed by atoms with Gasteiger partial charge in [-0.25, -0.2) is 9.07 Å². The van der Waals surface area contributed by atoms with Crippen LogP contribution in [0, 0.1) is 5.92 Å². The average Bonchev–Trinajstić information content (AvgIpc) is 2.69. The monoisotopic (exact) mass is 253 g/mol. The minimum atomic E-state index is -1.27. The van der Waals surface area contributed by atoms with Gasteiger partial charge in [-0.05, 0) is 45.4 Å². The highest BCUT2D eigenvalue weighted by Crippen LogP contribution is 2.42. The third-order valence-electron chi connectivity index (χ3n) is 4.02. The van der Waals surface area contributed by atoms with Gasteiger partial charge in [-0.15, -0.1) is 5.10 Å². The summed E-state index contributed by atoms with van der Waals surface area (Å²) in [5, 5.41) is 8.42. The molecule has 1 atom stereocenters. The normalized spacial score (nSPS) is 25.1. The van der Waals surface area contributed by atoms with Crippen LogP contribution in [0.15, 0.2) is 0 Å². The Morgan fingerprint density at radius 3 is 2.50 bits per heavy atom. The topological polar surface area (TPSA) is 30.7 Å². The highest BCUT2D eigenvalue weighted by Gasteiger charge is 2.42. The lowest BCUT2D eigenvalue weighted by Crippen LogP contribution is -2.33. The average molecular weight is 253 g/mol. The zero-order valence-corrected chi connectivity index (χ0v) is 11.9. The van der Waals surface area contributed by atoms with Crippen molar-refractivity contribution in [2.24, 2.45) is 5.92 Å². The van der Waals surface area contributed by atoms with Crippen LogP contribution in [0.2, 0.25) is 0 Å². The van der Waals surface area contributed by atoms with Crippen LogP contribution in [0.25, 0.3) is 0 Å². The molecule has 1 aliphatic rings. The summed E-state index contributed by atoms with van der Waals surface area (Å²) < 4.78 is 17.3. The summed E-state index contributed by atoms with van der Waals surface area (Å²) in [7, 11) is 0. The maximum atomic E-state index is 15.5. The first-order valence-corrected chi connectivity index (χ1v) is 7.10. The number of rotatable bonds is 2. The maximum Gasteiger partial charge on any atom is 0.156 e. The molecule has 1 unspecified atom stereocenters. The largest absolute Gasteiger partial charge is 0.243 e. The highest BCUT2D eigenvalue weighted by molar-refractivity contribution is 5.21. The van der Waals surface area contributed by atoms with Crippen LogP contribution in [-0.4, -0.2) is 15.0 Å². The van der Waals surface area contributed by atoms with Crippen molar-refractivity contribution in [2.75, 3.05) is 0 Å². The Labute approximate surface area is 109 Å². The fourth-order valence-electron chi connectivity index (χ4n) is 2.82. The van der Waals surface area contributed by atoms with Gasteiger partial charge in [0.25, 0.3) is 0 Å². The van der Waals surface area contributed by atoms with Gasteiger partial charge in [-0.1, -0.05) is 25.5 Å². The van der Waals surface area contributed by atoms with Crippen LogP contribution in [0.5, 0.6) is 0 Å². The highest BCUT2D eigenvalue weighted by atomic mass is 19.1. The van der Waals surface area contributed by atoms with E-state index in [4.69, 9.17) is 0 Å². The molecule has 1 aliphatic carbocycles. The SMILES string of the molecule is CC(C)n1nnc2c1C(F)(C(C)C)CCCCC2. The number of aromatic nitrogens is 3. The lowest BCUT2D eigenvalue weighted by molar-refractivity contribution is 0.0677. The van der Waals surface area contributed by atoms with Crippen molar-refractivity contribution in [3.8, 4) is 0 Å². The summed E-state index contributed by atoms with van der Waals surface area (Å²) in [6, 6.07) is 0.162. The van der Waals surface area contributed by atoms with Gasteiger partial charge in [0.1, 0.15) is 0 Å². The van der Waals surface area contributed by atoms with Gasteiger partial charge in [0.2, 0.25) is 0 Å². The van der Waals surface area contributed by atoms with Crippen molar-refractivity contribution >= 4 is 0 Å². The Hall–Kier alpha value is -0.930. The lowest BCUT2D eigenvalue weighted by atomic mass is 9.80. The molecule has 1 aromatic rings. The molecule has 2 rings (SSSR count). The molecular formula is C14H24FN3. The number of hydrogen-bond donors (Lipinski definition) is 0. The van der Waals surface area contributed by atoms with E-state index in [1.807, 2.05) is 27.7 Å². The molecule has 3 nitrogen and oxygen atoms in total. The van der Waals surface area contributed by atoms with Crippen LogP contribution < -0.4 is 0 Å². The fraction of sp³-hybridized carbons (Fsp3) is 0.857. The van der Waals surface area contributed by atoms with E-state index in [1.54, 1.807) is 4.68 Å². The number of fused-ring (bicyclic) bond motifs is 1. The molecule has 102 valence electrons. The molecule has 18 heavy (non-hydrogen) atoms. The van der Waals surface area contributed by atoms with Crippen molar-refractivity contribution < 1.29 is 4.39 Å². The molecule has 4 heteroatoms. The molecule has 0 spiro atoms. The lowest BCUT2D eigenvalue weighted by Gasteiger charge is -2.32. The second-order valence-electron chi connectivity index (χ2n) is 6.00. The summed E-state index contributed by atoms with van der Waals surface area (Å²) in [6.07, 6.45) is 4.60. The van der Waals surface area contributed by atoms with Crippen LogP contribution in [-0.2, 0) is 12.1 Å². The van der Waals surface area contributed by atoms with Gasteiger partial charge in [-0.2, -0.15) is 0 Å². The Kier molecular flexibility index (Phi) is 3.74. The maximum absolute atomic E-state index is 15.5. The number of nitrogens with zero attached hydrogens (tertiary/aromatic N) is 3. The third kappa shape index (κ3) is 2.17. The smallest absolute Gasteiger partial charge is 0.156 e. The number of aryl methyl sites for hydroxylation is 1. The summed E-state index contributed by atoms with van der Waals surface area (Å²) in [4.78, 5) is 0. The number of halogens is 1. The van der Waals surface area contributed by atoms with Crippen molar-refractivity contribution in [3.05, 3.63) is 11.4 Å². The van der Waals surface area contributed by atoms with E-state index in [2.05, 4.69) is 10.3 Å². The first kappa shape index (κ1) is 13.5. The molecular weight excluding hydrogens is 229 g/mol. The molecule has 0 fully saturated rings. The molecule has 0 aromatic carbocycles. The molecule has 0 saturated heterocycles. The first-order valence-electron chi connectivity index (χ1n) is 7.10. The second-order valence-corrected chi connectivity index (χ2v) is 6.00. The molecule has 0 amide bonds. The van der Waals surface area contributed by atoms with Crippen molar-refractivity contribution in [1.82, 2.24) is 15.0 Å². The summed E-state index contributed by atoms with van der Waals surface area (Å²) >= 11 is 0. The molecule has 0 saturated carbocycles. The molecule has 0 N–H and O–H groups in total. The van der Waals surface area contributed by atoms with Crippen LogP contribution in [0.3, 0.4) is 0 Å². The predicted molar refractivity (Wildman–Crippen MR) is 70.2 cm³/mol. The van der Waals surface area contributed by atoms with Gasteiger partial charge >= 0.3 is 0 Å². The predicted octanol–water partition coefficient (Wildman–Crippen LogP) is 3.80. The minimum absolute atomic E-state index is 0.0367. The van der Waals surface area contributed by atoms with Gasteiger partial charge in [0.15, 0.2) is 5.67 Å². The quantitative estimate of drug-likeness (QED) is 0.802. The Bertz CT molecular complexity index is 411. The van der Waals surface area contributed by atoms with E-state index in [0.29, 0.717) is 6.42 Å². The zero-order valence-electron chi connectivity index (χ0n) is 11.9. The summed E-state index contributed by atoms with van der Waals surface area (Å²) in [5.41, 5.74) is 0.343. The van der Waals surface area contributed by atoms with Crippen molar-refractivity contribution in [2.45, 2.75) is 71.5 Å². The van der Waals surface area contributed by atoms with E-state index in [-0.39, 0.29) is 12.0 Å². The van der Waals surface area contributed by atoms with Crippen molar-refractivity contribution in [3.63, 3.8) is 0 Å². The number of alkyl halides is 1. The second kappa shape index (κ2) is 4.98. The van der Waals surface area contributed by atoms with Gasteiger partial charge in [0, 0.05) is 6.04 Å². The first-order chi connectivity index (χ1) is 8.47. The van der Waals surface area contributed by atoms with Gasteiger partial charge in [0.05, 0.1) is 11.4 Å². The molecule has 1 aromatic heterocycles. The fourth-order valence-corrected chi connectivity index (χ4v) is 2.82. The number of hydrogen-bond acceptors (Lipinski definition) is 2. The van der Waals surface area contributed by atoms with E-state index >= 15 is 4.39 Å². The van der Waals surface area contributed by atoms with E-state index in [0.717, 1.165) is 37.1 Å². The van der Waals surface area contributed by atoms with E-state index < -0.39 is 5.67 Å². The molecule has 0 bridgehead atoms. The van der Waals surface area contributed by atoms with E-state index in [9.17, 15) is 0 Å². The molecule has 0 aliphatic heterocycles. The van der Waals surface area contributed by atoms with Crippen LogP contribution in [0.4, 0.5) is 4.39 Å². The van der Waals surface area contributed by atoms with Crippen LogP contribution >= 0.6 is 0 Å². The van der Waals surface area contributed by atoms with Crippen molar-refractivity contribution in [1.29, 1.82) is 0 Å². The summed E-state index contributed by atoms with van der Waals surface area (Å²) in [5.74, 6) is -0.0367. The van der Waals surface area contributed by atoms with Crippen LogP contribution in [0.1, 0.15) is 70.8 Å². The van der Waals surface area contributed by atoms with Gasteiger partial charge < -0.3 is 0 Å². The Morgan fingerprint density at radius 1 is 1.17 bits per heavy atom. The zero-order chi connectivity index (χ0) is 13.3. The third-order valence-corrected chi connectivity index (χ3v) is 4.02. The summed E-state index contributed by atoms with van der Waals surface area (Å²) in [6.45, 7) is 8.00.